The van der Waals surface area contributed by atoms with Crippen LogP contribution in [0.25, 0.3) is 0 Å². The number of rotatable bonds is 6. The molecule has 0 rings (SSSR count). The zero-order chi connectivity index (χ0) is 11.0. The highest BCUT2D eigenvalue weighted by Gasteiger charge is 2.14. The van der Waals surface area contributed by atoms with E-state index in [9.17, 15) is 15.0 Å². The molecule has 4 nitrogen and oxygen atoms in total. The summed E-state index contributed by atoms with van der Waals surface area (Å²) in [6, 6.07) is 0. The maximum absolute atomic E-state index is 10.9. The van der Waals surface area contributed by atoms with Crippen LogP contribution in [0.3, 0.4) is 0 Å². The quantitative estimate of drug-likeness (QED) is 0.489. The molecule has 0 heterocycles. The van der Waals surface area contributed by atoms with Crippen molar-refractivity contribution in [1.82, 2.24) is 0 Å². The van der Waals surface area contributed by atoms with Gasteiger partial charge in [0.1, 0.15) is 0 Å². The SMILES string of the molecule is C/C=C/[C@@H](O)C[C@H](O)CC(=O)OCC. The zero-order valence-electron chi connectivity index (χ0n) is 8.64. The zero-order valence-corrected chi connectivity index (χ0v) is 8.64. The van der Waals surface area contributed by atoms with Crippen LogP contribution in [0.4, 0.5) is 0 Å². The number of carbonyl (C=O) groups is 1. The normalized spacial score (nSPS) is 15.4. The van der Waals surface area contributed by atoms with E-state index in [0.717, 1.165) is 0 Å². The minimum Gasteiger partial charge on any atom is -0.466 e. The first-order valence-corrected chi connectivity index (χ1v) is 4.74. The molecule has 4 heteroatoms. The summed E-state index contributed by atoms with van der Waals surface area (Å²) in [6.07, 6.45) is 1.80. The van der Waals surface area contributed by atoms with Gasteiger partial charge in [-0.15, -0.1) is 0 Å². The Kier molecular flexibility index (Phi) is 7.06. The Morgan fingerprint density at radius 2 is 2.14 bits per heavy atom. The van der Waals surface area contributed by atoms with Gasteiger partial charge in [-0.2, -0.15) is 0 Å². The lowest BCUT2D eigenvalue weighted by molar-refractivity contribution is -0.145. The fourth-order valence-electron chi connectivity index (χ4n) is 1.08. The van der Waals surface area contributed by atoms with Crippen molar-refractivity contribution in [3.8, 4) is 0 Å². The molecule has 0 aromatic carbocycles. The number of ether oxygens (including phenoxy) is 1. The number of allylic oxidation sites excluding steroid dienone is 1. The van der Waals surface area contributed by atoms with E-state index in [-0.39, 0.29) is 12.8 Å². The van der Waals surface area contributed by atoms with Crippen molar-refractivity contribution in [3.63, 3.8) is 0 Å². The number of hydrogen-bond acceptors (Lipinski definition) is 4. The van der Waals surface area contributed by atoms with Crippen LogP contribution < -0.4 is 0 Å². The number of aliphatic hydroxyl groups excluding tert-OH is 2. The average Bonchev–Trinajstić information content (AvgIpc) is 2.03. The second kappa shape index (κ2) is 7.53. The van der Waals surface area contributed by atoms with Crippen LogP contribution in [-0.2, 0) is 9.53 Å². The molecule has 0 spiro atoms. The fourth-order valence-corrected chi connectivity index (χ4v) is 1.08. The largest absolute Gasteiger partial charge is 0.466 e. The van der Waals surface area contributed by atoms with Crippen LogP contribution in [0, 0.1) is 0 Å². The van der Waals surface area contributed by atoms with Gasteiger partial charge in [0.05, 0.1) is 25.2 Å². The summed E-state index contributed by atoms with van der Waals surface area (Å²) in [5.74, 6) is -0.437. The molecule has 0 fully saturated rings. The van der Waals surface area contributed by atoms with E-state index in [1.54, 1.807) is 26.0 Å². The van der Waals surface area contributed by atoms with Gasteiger partial charge in [0, 0.05) is 6.42 Å². The Bertz CT molecular complexity index is 189. The van der Waals surface area contributed by atoms with E-state index in [2.05, 4.69) is 4.74 Å². The lowest BCUT2D eigenvalue weighted by Crippen LogP contribution is -2.20. The standard InChI is InChI=1S/C10H18O4/c1-3-5-8(11)6-9(12)7-10(13)14-4-2/h3,5,8-9,11-12H,4,6-7H2,1-2H3/b5-3+/t8-,9+/m1/s1. The first-order valence-electron chi connectivity index (χ1n) is 4.74. The minimum atomic E-state index is -0.847. The Balaban J connectivity index is 3.74. The van der Waals surface area contributed by atoms with E-state index in [1.807, 2.05) is 0 Å². The van der Waals surface area contributed by atoms with Gasteiger partial charge in [-0.3, -0.25) is 4.79 Å². The van der Waals surface area contributed by atoms with Gasteiger partial charge >= 0.3 is 5.97 Å². The lowest BCUT2D eigenvalue weighted by atomic mass is 10.1. The van der Waals surface area contributed by atoms with E-state index in [4.69, 9.17) is 0 Å². The summed E-state index contributed by atoms with van der Waals surface area (Å²) in [6.45, 7) is 3.79. The predicted octanol–water partition coefficient (Wildman–Crippen LogP) is 0.628. The number of carbonyl (C=O) groups excluding carboxylic acids is 1. The van der Waals surface area contributed by atoms with Crippen molar-refractivity contribution in [2.45, 2.75) is 38.9 Å². The summed E-state index contributed by atoms with van der Waals surface area (Å²) in [5, 5.41) is 18.6. The summed E-state index contributed by atoms with van der Waals surface area (Å²) in [5.41, 5.74) is 0. The molecule has 0 saturated heterocycles. The van der Waals surface area contributed by atoms with Gasteiger partial charge in [0.2, 0.25) is 0 Å². The van der Waals surface area contributed by atoms with Crippen LogP contribution >= 0.6 is 0 Å². The molecule has 0 aliphatic carbocycles. The number of hydrogen-bond donors (Lipinski definition) is 2. The van der Waals surface area contributed by atoms with E-state index in [1.165, 1.54) is 0 Å². The van der Waals surface area contributed by atoms with Crippen LogP contribution in [0.15, 0.2) is 12.2 Å². The van der Waals surface area contributed by atoms with E-state index < -0.39 is 18.2 Å². The Morgan fingerprint density at radius 1 is 1.50 bits per heavy atom. The van der Waals surface area contributed by atoms with Crippen molar-refractivity contribution in [1.29, 1.82) is 0 Å². The second-order valence-electron chi connectivity index (χ2n) is 2.99. The third kappa shape index (κ3) is 6.62. The lowest BCUT2D eigenvalue weighted by Gasteiger charge is -2.11. The third-order valence-electron chi connectivity index (χ3n) is 1.64. The first kappa shape index (κ1) is 13.1. The second-order valence-corrected chi connectivity index (χ2v) is 2.99. The molecule has 82 valence electrons. The van der Waals surface area contributed by atoms with Crippen LogP contribution in [0.2, 0.25) is 0 Å². The van der Waals surface area contributed by atoms with Crippen molar-refractivity contribution in [2.75, 3.05) is 6.61 Å². The molecule has 0 radical (unpaired) electrons. The van der Waals surface area contributed by atoms with E-state index in [0.29, 0.717) is 6.61 Å². The molecule has 0 amide bonds. The van der Waals surface area contributed by atoms with Crippen molar-refractivity contribution in [3.05, 3.63) is 12.2 Å². The minimum absolute atomic E-state index is 0.0670. The molecule has 0 unspecified atom stereocenters. The van der Waals surface area contributed by atoms with Crippen molar-refractivity contribution < 1.29 is 19.7 Å². The van der Waals surface area contributed by atoms with Crippen LogP contribution in [-0.4, -0.2) is 35.0 Å². The molecule has 14 heavy (non-hydrogen) atoms. The highest BCUT2D eigenvalue weighted by molar-refractivity contribution is 5.69. The first-order chi connectivity index (χ1) is 6.60. The molecule has 0 saturated carbocycles. The maximum Gasteiger partial charge on any atom is 0.308 e. The van der Waals surface area contributed by atoms with Gasteiger partial charge in [-0.25, -0.2) is 0 Å². The Labute approximate surface area is 84.2 Å². The summed E-state index contributed by atoms with van der Waals surface area (Å²) >= 11 is 0. The molecule has 0 aliphatic heterocycles. The highest BCUT2D eigenvalue weighted by Crippen LogP contribution is 2.04. The molecular weight excluding hydrogens is 184 g/mol. The van der Waals surface area contributed by atoms with E-state index >= 15 is 0 Å². The molecule has 2 atom stereocenters. The molecule has 0 aliphatic rings. The molecule has 0 bridgehead atoms. The molecule has 2 N–H and O–H groups in total. The number of esters is 1. The Hall–Kier alpha value is -0.870. The smallest absolute Gasteiger partial charge is 0.308 e. The van der Waals surface area contributed by atoms with Crippen molar-refractivity contribution in [2.24, 2.45) is 0 Å². The van der Waals surface area contributed by atoms with Crippen molar-refractivity contribution >= 4 is 5.97 Å². The average molecular weight is 202 g/mol. The van der Waals surface area contributed by atoms with Gasteiger partial charge in [0.25, 0.3) is 0 Å². The predicted molar refractivity (Wildman–Crippen MR) is 52.7 cm³/mol. The van der Waals surface area contributed by atoms with Gasteiger partial charge in [0.15, 0.2) is 0 Å². The topological polar surface area (TPSA) is 66.8 Å². The van der Waals surface area contributed by atoms with Gasteiger partial charge in [-0.1, -0.05) is 12.2 Å². The molecular formula is C10H18O4. The number of aliphatic hydroxyl groups is 2. The Morgan fingerprint density at radius 3 is 2.64 bits per heavy atom. The summed E-state index contributed by atoms with van der Waals surface area (Å²) < 4.78 is 4.66. The fraction of sp³-hybridized carbons (Fsp3) is 0.700. The van der Waals surface area contributed by atoms with Gasteiger partial charge < -0.3 is 14.9 Å². The third-order valence-corrected chi connectivity index (χ3v) is 1.64. The molecule has 0 aromatic rings. The van der Waals surface area contributed by atoms with Gasteiger partial charge in [-0.05, 0) is 13.8 Å². The maximum atomic E-state index is 10.9. The summed E-state index contributed by atoms with van der Waals surface area (Å²) in [7, 11) is 0. The highest BCUT2D eigenvalue weighted by atomic mass is 16.5. The monoisotopic (exact) mass is 202 g/mol. The van der Waals surface area contributed by atoms with Crippen LogP contribution in [0.1, 0.15) is 26.7 Å². The van der Waals surface area contributed by atoms with Crippen LogP contribution in [0.5, 0.6) is 0 Å². The molecule has 0 aromatic heterocycles. The summed E-state index contributed by atoms with van der Waals surface area (Å²) in [4.78, 5) is 10.9.